The molecule has 0 fully saturated rings. The Morgan fingerprint density at radius 3 is 2.03 bits per heavy atom. The number of carbonyl (C=O) groups excluding carboxylic acids is 2. The molecule has 8 nitrogen and oxygen atoms in total. The number of hydrogen-bond donors (Lipinski definition) is 1. The summed E-state index contributed by atoms with van der Waals surface area (Å²) in [5.41, 5.74) is 2.93. The lowest BCUT2D eigenvalue weighted by atomic mass is 9.99. The van der Waals surface area contributed by atoms with Crippen LogP contribution in [0.5, 0.6) is 0 Å². The summed E-state index contributed by atoms with van der Waals surface area (Å²) in [6.45, 7) is 12.4. The smallest absolute Gasteiger partial charge is 0.349 e. The van der Waals surface area contributed by atoms with Crippen molar-refractivity contribution in [2.75, 3.05) is 26.0 Å². The normalized spacial score (nSPS) is 12.4. The second kappa shape index (κ2) is 15.7. The Bertz CT molecular complexity index is 1030. The molecule has 2 aromatic rings. The van der Waals surface area contributed by atoms with Crippen molar-refractivity contribution in [2.24, 2.45) is 5.92 Å². The molecule has 0 spiro atoms. The predicted molar refractivity (Wildman–Crippen MR) is 150 cm³/mol. The van der Waals surface area contributed by atoms with Crippen molar-refractivity contribution in [3.63, 3.8) is 0 Å². The van der Waals surface area contributed by atoms with Crippen LogP contribution in [0.3, 0.4) is 0 Å². The van der Waals surface area contributed by atoms with Gasteiger partial charge < -0.3 is 24.0 Å². The summed E-state index contributed by atoms with van der Waals surface area (Å²) in [7, 11) is -3.54. The fraction of sp³-hybridized carbons (Fsp3) is 0.517. The lowest BCUT2D eigenvalue weighted by Crippen LogP contribution is -2.50. The molecule has 1 N–H and O–H groups in total. The lowest BCUT2D eigenvalue weighted by molar-refractivity contribution is -0.147. The molecule has 0 unspecified atom stereocenters. The maximum atomic E-state index is 13.5. The van der Waals surface area contributed by atoms with E-state index in [0.717, 1.165) is 11.1 Å². The van der Waals surface area contributed by atoms with Crippen LogP contribution in [0.1, 0.15) is 64.2 Å². The summed E-state index contributed by atoms with van der Waals surface area (Å²) in [6.07, 6.45) is 0.0371. The number of ether oxygens (including phenoxy) is 1. The van der Waals surface area contributed by atoms with E-state index < -0.39 is 25.6 Å². The van der Waals surface area contributed by atoms with E-state index in [0.29, 0.717) is 12.5 Å². The predicted octanol–water partition coefficient (Wildman–Crippen LogP) is 6.36. The largest absolute Gasteiger partial charge is 0.459 e. The third-order valence-corrected chi connectivity index (χ3v) is 7.75. The van der Waals surface area contributed by atoms with Gasteiger partial charge in [0.25, 0.3) is 0 Å². The van der Waals surface area contributed by atoms with Gasteiger partial charge in [-0.05, 0) is 42.4 Å². The van der Waals surface area contributed by atoms with Gasteiger partial charge in [0.2, 0.25) is 0 Å². The van der Waals surface area contributed by atoms with E-state index in [1.807, 2.05) is 68.4 Å². The van der Waals surface area contributed by atoms with Crippen LogP contribution >= 0.6 is 7.60 Å². The Morgan fingerprint density at radius 1 is 0.895 bits per heavy atom. The van der Waals surface area contributed by atoms with Gasteiger partial charge in [0, 0.05) is 13.0 Å². The topological polar surface area (TPSA) is 94.2 Å². The summed E-state index contributed by atoms with van der Waals surface area (Å²) in [5, 5.41) is 2.83. The average Bonchev–Trinajstić information content (AvgIpc) is 2.87. The molecule has 0 aliphatic carbocycles. The zero-order chi connectivity index (χ0) is 28.1. The van der Waals surface area contributed by atoms with Gasteiger partial charge >= 0.3 is 19.6 Å². The zero-order valence-corrected chi connectivity index (χ0v) is 24.4. The average molecular weight is 547 g/mol. The van der Waals surface area contributed by atoms with Crippen molar-refractivity contribution < 1.29 is 27.9 Å². The SMILES string of the molecule is CCOP(=O)(CN(CC(C)C)C(=O)N[C@@H](Cc1ccc(C(C)C)cc1)C(=O)OCc1ccccc1)OCC. The standard InChI is InChI=1S/C29H43N2O6P/c1-7-36-38(34,37-8-2)21-31(19-22(3)4)29(33)30-27(18-24-14-16-26(17-15-24)23(5)6)28(32)35-20-25-12-10-9-11-13-25/h9-17,22-23,27H,7-8,18-21H2,1-6H3,(H,30,33)/t27-/m0/s1. The molecule has 9 heteroatoms. The third kappa shape index (κ3) is 10.6. The van der Waals surface area contributed by atoms with Crippen molar-refractivity contribution in [3.8, 4) is 0 Å². The maximum absolute atomic E-state index is 13.5. The molecule has 0 bridgehead atoms. The van der Waals surface area contributed by atoms with Gasteiger partial charge in [-0.2, -0.15) is 0 Å². The van der Waals surface area contributed by atoms with Crippen LogP contribution in [-0.4, -0.2) is 49.0 Å². The van der Waals surface area contributed by atoms with Crippen molar-refractivity contribution in [1.29, 1.82) is 0 Å². The molecule has 2 rings (SSSR count). The quantitative estimate of drug-likeness (QED) is 0.207. The fourth-order valence-electron chi connectivity index (χ4n) is 3.90. The van der Waals surface area contributed by atoms with Crippen LogP contribution in [0.15, 0.2) is 54.6 Å². The second-order valence-corrected chi connectivity index (χ2v) is 11.9. The number of nitrogens with one attached hydrogen (secondary N) is 1. The van der Waals surface area contributed by atoms with Crippen molar-refractivity contribution >= 4 is 19.6 Å². The molecule has 38 heavy (non-hydrogen) atoms. The van der Waals surface area contributed by atoms with Gasteiger partial charge in [0.15, 0.2) is 0 Å². The van der Waals surface area contributed by atoms with Crippen LogP contribution in [-0.2, 0) is 36.2 Å². The van der Waals surface area contributed by atoms with Crippen molar-refractivity contribution in [1.82, 2.24) is 10.2 Å². The highest BCUT2D eigenvalue weighted by Crippen LogP contribution is 2.48. The minimum Gasteiger partial charge on any atom is -0.459 e. The van der Waals surface area contributed by atoms with E-state index in [9.17, 15) is 14.2 Å². The highest BCUT2D eigenvalue weighted by atomic mass is 31.2. The molecule has 0 heterocycles. The Hall–Kier alpha value is -2.67. The van der Waals surface area contributed by atoms with Crippen LogP contribution in [0.2, 0.25) is 0 Å². The first kappa shape index (κ1) is 31.5. The monoisotopic (exact) mass is 546 g/mol. The van der Waals surface area contributed by atoms with Gasteiger partial charge in [-0.25, -0.2) is 9.59 Å². The van der Waals surface area contributed by atoms with Crippen LogP contribution < -0.4 is 5.32 Å². The number of amides is 2. The summed E-state index contributed by atoms with van der Waals surface area (Å²) in [6, 6.07) is 15.9. The lowest BCUT2D eigenvalue weighted by Gasteiger charge is -2.30. The van der Waals surface area contributed by atoms with Gasteiger partial charge in [0.1, 0.15) is 18.9 Å². The molecule has 0 aromatic heterocycles. The van der Waals surface area contributed by atoms with Crippen LogP contribution in [0, 0.1) is 5.92 Å². The molecule has 210 valence electrons. The molecule has 1 atom stereocenters. The van der Waals surface area contributed by atoms with Gasteiger partial charge in [-0.1, -0.05) is 82.3 Å². The van der Waals surface area contributed by atoms with E-state index in [4.69, 9.17) is 13.8 Å². The number of nitrogens with zero attached hydrogens (tertiary/aromatic N) is 1. The maximum Gasteiger partial charge on any atom is 0.349 e. The van der Waals surface area contributed by atoms with E-state index in [1.165, 1.54) is 10.5 Å². The van der Waals surface area contributed by atoms with E-state index in [2.05, 4.69) is 19.2 Å². The first-order valence-electron chi connectivity index (χ1n) is 13.3. The zero-order valence-electron chi connectivity index (χ0n) is 23.5. The first-order chi connectivity index (χ1) is 18.1. The first-order valence-corrected chi connectivity index (χ1v) is 15.0. The van der Waals surface area contributed by atoms with Gasteiger partial charge in [-0.3, -0.25) is 4.57 Å². The fourth-order valence-corrected chi connectivity index (χ4v) is 5.59. The van der Waals surface area contributed by atoms with E-state index in [1.54, 1.807) is 13.8 Å². The van der Waals surface area contributed by atoms with Crippen LogP contribution in [0.4, 0.5) is 4.79 Å². The molecule has 2 aromatic carbocycles. The van der Waals surface area contributed by atoms with E-state index >= 15 is 0 Å². The minimum atomic E-state index is -3.54. The van der Waals surface area contributed by atoms with E-state index in [-0.39, 0.29) is 38.4 Å². The summed E-state index contributed by atoms with van der Waals surface area (Å²) in [4.78, 5) is 28.1. The summed E-state index contributed by atoms with van der Waals surface area (Å²) < 4.78 is 29.6. The molecular weight excluding hydrogens is 503 g/mol. The summed E-state index contributed by atoms with van der Waals surface area (Å²) in [5.74, 6) is -0.0757. The Morgan fingerprint density at radius 2 is 1.50 bits per heavy atom. The Kier molecular flexibility index (Phi) is 13.0. The van der Waals surface area contributed by atoms with Crippen molar-refractivity contribution in [3.05, 3.63) is 71.3 Å². The highest BCUT2D eigenvalue weighted by molar-refractivity contribution is 7.53. The van der Waals surface area contributed by atoms with Crippen molar-refractivity contribution in [2.45, 2.75) is 66.5 Å². The molecule has 0 saturated heterocycles. The summed E-state index contributed by atoms with van der Waals surface area (Å²) >= 11 is 0. The van der Waals surface area contributed by atoms with Crippen LogP contribution in [0.25, 0.3) is 0 Å². The number of esters is 1. The Balaban J connectivity index is 2.25. The van der Waals surface area contributed by atoms with Gasteiger partial charge in [-0.15, -0.1) is 0 Å². The second-order valence-electron chi connectivity index (χ2n) is 9.90. The number of rotatable bonds is 15. The molecule has 0 aliphatic rings. The van der Waals surface area contributed by atoms with Gasteiger partial charge in [0.05, 0.1) is 13.2 Å². The number of hydrogen-bond acceptors (Lipinski definition) is 6. The molecular formula is C29H43N2O6P. The highest BCUT2D eigenvalue weighted by Gasteiger charge is 2.32. The molecule has 0 saturated carbocycles. The Labute approximate surface area is 227 Å². The molecule has 0 aliphatic heterocycles. The molecule has 0 radical (unpaired) electrons. The number of urea groups is 1. The molecule has 2 amide bonds. The number of carbonyl (C=O) groups is 2. The third-order valence-electron chi connectivity index (χ3n) is 5.76. The number of benzene rings is 2. The minimum absolute atomic E-state index is 0.0875.